The van der Waals surface area contributed by atoms with Gasteiger partial charge in [0.25, 0.3) is 5.91 Å². The fourth-order valence-electron chi connectivity index (χ4n) is 3.09. The predicted octanol–water partition coefficient (Wildman–Crippen LogP) is 3.85. The minimum atomic E-state index is -0.118. The van der Waals surface area contributed by atoms with Gasteiger partial charge in [0.15, 0.2) is 10.8 Å². The number of para-hydroxylation sites is 1. The topological polar surface area (TPSA) is 63.5 Å². The van der Waals surface area contributed by atoms with Crippen LogP contribution < -0.4 is 9.64 Å². The lowest BCUT2D eigenvalue weighted by molar-refractivity contribution is 0.0980. The van der Waals surface area contributed by atoms with E-state index in [1.54, 1.807) is 12.0 Å². The predicted molar refractivity (Wildman–Crippen MR) is 121 cm³/mol. The average molecular weight is 438 g/mol. The molecule has 0 aliphatic rings. The number of hydrogen-bond donors (Lipinski definition) is 0. The number of carbonyl (C=O) groups is 1. The first-order chi connectivity index (χ1) is 13.4. The van der Waals surface area contributed by atoms with Crippen LogP contribution in [0.3, 0.4) is 0 Å². The number of halogens is 1. The molecule has 3 aromatic rings. The monoisotopic (exact) mass is 437 g/mol. The summed E-state index contributed by atoms with van der Waals surface area (Å²) in [4.78, 5) is 21.9. The first kappa shape index (κ1) is 23.1. The standard InChI is InChI=1S/C20H27N5O2S.ClH/c1-6-25-14(2)13-15(22-25)19(26)24(12-8-11-23(3)4)20-21-18-16(27-5)9-7-10-17(18)28-20;/h7,9-10,13H,6,8,11-12H2,1-5H3;1H. The Morgan fingerprint density at radius 1 is 1.28 bits per heavy atom. The van der Waals surface area contributed by atoms with Gasteiger partial charge in [0.05, 0.1) is 11.8 Å². The maximum Gasteiger partial charge on any atom is 0.280 e. The summed E-state index contributed by atoms with van der Waals surface area (Å²) >= 11 is 1.50. The van der Waals surface area contributed by atoms with Crippen molar-refractivity contribution >= 4 is 45.0 Å². The van der Waals surface area contributed by atoms with Crippen LogP contribution in [0.15, 0.2) is 24.3 Å². The Hall–Kier alpha value is -2.16. The van der Waals surface area contributed by atoms with E-state index in [4.69, 9.17) is 9.72 Å². The zero-order valence-corrected chi connectivity index (χ0v) is 19.1. The Morgan fingerprint density at radius 3 is 2.66 bits per heavy atom. The molecule has 29 heavy (non-hydrogen) atoms. The van der Waals surface area contributed by atoms with Gasteiger partial charge in [0.2, 0.25) is 0 Å². The maximum atomic E-state index is 13.3. The summed E-state index contributed by atoms with van der Waals surface area (Å²) in [7, 11) is 5.69. The van der Waals surface area contributed by atoms with Gasteiger partial charge in [0, 0.05) is 18.8 Å². The molecule has 0 N–H and O–H groups in total. The van der Waals surface area contributed by atoms with Crippen molar-refractivity contribution in [2.75, 3.05) is 39.2 Å². The van der Waals surface area contributed by atoms with E-state index in [0.29, 0.717) is 23.1 Å². The number of aryl methyl sites for hydroxylation is 2. The molecule has 158 valence electrons. The number of carbonyl (C=O) groups excluding carboxylic acids is 1. The molecule has 0 bridgehead atoms. The lowest BCUT2D eigenvalue weighted by Crippen LogP contribution is -2.33. The number of thiazole rings is 1. The van der Waals surface area contributed by atoms with Crippen molar-refractivity contribution in [1.82, 2.24) is 19.7 Å². The Morgan fingerprint density at radius 2 is 2.03 bits per heavy atom. The Labute approximate surface area is 181 Å². The molecule has 0 spiro atoms. The number of hydrogen-bond acceptors (Lipinski definition) is 6. The summed E-state index contributed by atoms with van der Waals surface area (Å²) in [5.74, 6) is 0.596. The first-order valence-corrected chi connectivity index (χ1v) is 10.2. The third-order valence-corrected chi connectivity index (χ3v) is 5.60. The highest BCUT2D eigenvalue weighted by molar-refractivity contribution is 7.22. The first-order valence-electron chi connectivity index (χ1n) is 9.39. The highest BCUT2D eigenvalue weighted by Crippen LogP contribution is 2.34. The number of ether oxygens (including phenoxy) is 1. The van der Waals surface area contributed by atoms with Crippen molar-refractivity contribution in [3.05, 3.63) is 35.7 Å². The van der Waals surface area contributed by atoms with Gasteiger partial charge in [-0.15, -0.1) is 12.4 Å². The zero-order chi connectivity index (χ0) is 20.3. The summed E-state index contributed by atoms with van der Waals surface area (Å²) in [5, 5.41) is 5.15. The van der Waals surface area contributed by atoms with E-state index in [2.05, 4.69) is 10.00 Å². The highest BCUT2D eigenvalue weighted by Gasteiger charge is 2.24. The molecule has 9 heteroatoms. The van der Waals surface area contributed by atoms with Crippen molar-refractivity contribution in [3.63, 3.8) is 0 Å². The Kier molecular flexibility index (Phi) is 8.01. The normalized spacial score (nSPS) is 11.0. The number of nitrogens with zero attached hydrogens (tertiary/aromatic N) is 5. The van der Waals surface area contributed by atoms with Crippen LogP contribution in [0.4, 0.5) is 5.13 Å². The quantitative estimate of drug-likeness (QED) is 0.535. The van der Waals surface area contributed by atoms with Gasteiger partial charge < -0.3 is 9.64 Å². The molecule has 1 amide bonds. The van der Waals surface area contributed by atoms with Crippen LogP contribution in [0.25, 0.3) is 10.2 Å². The molecule has 2 heterocycles. The minimum absolute atomic E-state index is 0. The molecule has 0 saturated carbocycles. The van der Waals surface area contributed by atoms with Gasteiger partial charge in [0.1, 0.15) is 11.3 Å². The van der Waals surface area contributed by atoms with Crippen LogP contribution >= 0.6 is 23.7 Å². The molecule has 3 rings (SSSR count). The van der Waals surface area contributed by atoms with Gasteiger partial charge in [-0.3, -0.25) is 14.4 Å². The number of benzene rings is 1. The van der Waals surface area contributed by atoms with Crippen molar-refractivity contribution in [2.24, 2.45) is 0 Å². The summed E-state index contributed by atoms with van der Waals surface area (Å²) < 4.78 is 8.27. The second-order valence-corrected chi connectivity index (χ2v) is 7.91. The Bertz CT molecular complexity index is 969. The van der Waals surface area contributed by atoms with E-state index < -0.39 is 0 Å². The molecule has 2 aromatic heterocycles. The molecular weight excluding hydrogens is 410 g/mol. The van der Waals surface area contributed by atoms with Crippen LogP contribution in [0.5, 0.6) is 5.75 Å². The van der Waals surface area contributed by atoms with Crippen molar-refractivity contribution < 1.29 is 9.53 Å². The van der Waals surface area contributed by atoms with Gasteiger partial charge in [-0.2, -0.15) is 5.10 Å². The zero-order valence-electron chi connectivity index (χ0n) is 17.5. The Balaban J connectivity index is 0.00000300. The molecule has 0 aliphatic carbocycles. The van der Waals surface area contributed by atoms with Crippen LogP contribution in [0, 0.1) is 6.92 Å². The fraction of sp³-hybridized carbons (Fsp3) is 0.450. The van der Waals surface area contributed by atoms with Gasteiger partial charge in [-0.05, 0) is 59.1 Å². The van der Waals surface area contributed by atoms with Crippen molar-refractivity contribution in [2.45, 2.75) is 26.8 Å². The number of aromatic nitrogens is 3. The summed E-state index contributed by atoms with van der Waals surface area (Å²) in [6.07, 6.45) is 0.846. The van der Waals surface area contributed by atoms with E-state index in [1.807, 2.05) is 56.9 Å². The lowest BCUT2D eigenvalue weighted by atomic mass is 10.3. The molecule has 0 fully saturated rings. The third-order valence-electron chi connectivity index (χ3n) is 4.55. The van der Waals surface area contributed by atoms with Gasteiger partial charge in [-0.25, -0.2) is 4.98 Å². The number of anilines is 1. The molecule has 0 unspecified atom stereocenters. The van der Waals surface area contributed by atoms with Crippen LogP contribution in [-0.4, -0.2) is 59.9 Å². The molecule has 7 nitrogen and oxygen atoms in total. The smallest absolute Gasteiger partial charge is 0.280 e. The SMILES string of the molecule is CCn1nc(C(=O)N(CCCN(C)C)c2nc3c(OC)cccc3s2)cc1C.Cl. The van der Waals surface area contributed by atoms with Gasteiger partial charge in [-0.1, -0.05) is 17.4 Å². The summed E-state index contributed by atoms with van der Waals surface area (Å²) in [5.41, 5.74) is 2.21. The molecule has 0 aliphatic heterocycles. The van der Waals surface area contributed by atoms with E-state index >= 15 is 0 Å². The fourth-order valence-corrected chi connectivity index (χ4v) is 4.10. The van der Waals surface area contributed by atoms with Crippen LogP contribution in [-0.2, 0) is 6.54 Å². The van der Waals surface area contributed by atoms with E-state index in [0.717, 1.165) is 35.4 Å². The largest absolute Gasteiger partial charge is 0.494 e. The van der Waals surface area contributed by atoms with Crippen molar-refractivity contribution in [1.29, 1.82) is 0 Å². The lowest BCUT2D eigenvalue weighted by Gasteiger charge is -2.20. The van der Waals surface area contributed by atoms with Crippen LogP contribution in [0.2, 0.25) is 0 Å². The van der Waals surface area contributed by atoms with Crippen LogP contribution in [0.1, 0.15) is 29.5 Å². The summed E-state index contributed by atoms with van der Waals surface area (Å²) in [6, 6.07) is 7.67. The number of methoxy groups -OCH3 is 1. The number of fused-ring (bicyclic) bond motifs is 1. The third kappa shape index (κ3) is 5.07. The number of amides is 1. The highest BCUT2D eigenvalue weighted by atomic mass is 35.5. The molecule has 0 radical (unpaired) electrons. The second kappa shape index (κ2) is 10.0. The van der Waals surface area contributed by atoms with Crippen molar-refractivity contribution in [3.8, 4) is 5.75 Å². The molecule has 0 saturated heterocycles. The minimum Gasteiger partial charge on any atom is -0.494 e. The number of rotatable bonds is 8. The maximum absolute atomic E-state index is 13.3. The molecule has 1 aromatic carbocycles. The molecular formula is C20H28ClN5O2S. The van der Waals surface area contributed by atoms with Gasteiger partial charge >= 0.3 is 0 Å². The average Bonchev–Trinajstić information content (AvgIpc) is 3.27. The second-order valence-electron chi connectivity index (χ2n) is 6.90. The van der Waals surface area contributed by atoms with E-state index in [9.17, 15) is 4.79 Å². The van der Waals surface area contributed by atoms with E-state index in [-0.39, 0.29) is 18.3 Å². The van der Waals surface area contributed by atoms with E-state index in [1.165, 1.54) is 11.3 Å². The molecule has 0 atom stereocenters. The summed E-state index contributed by atoms with van der Waals surface area (Å²) in [6.45, 7) is 6.19.